The molecule has 2 atom stereocenters. The van der Waals surface area contributed by atoms with Crippen molar-refractivity contribution in [1.29, 1.82) is 0 Å². The first-order valence-electron chi connectivity index (χ1n) is 9.65. The molecule has 0 saturated heterocycles. The van der Waals surface area contributed by atoms with Gasteiger partial charge in [0.15, 0.2) is 11.8 Å². The summed E-state index contributed by atoms with van der Waals surface area (Å²) >= 11 is 0. The maximum atomic E-state index is 4.32. The lowest BCUT2D eigenvalue weighted by Gasteiger charge is -2.26. The second-order valence-electron chi connectivity index (χ2n) is 7.23. The van der Waals surface area contributed by atoms with Gasteiger partial charge in [-0.15, -0.1) is 10.2 Å². The maximum absolute atomic E-state index is 4.32. The number of aliphatic imine (C=N–C) groups is 1. The predicted octanol–water partition coefficient (Wildman–Crippen LogP) is 3.15. The third-order valence-corrected chi connectivity index (χ3v) is 5.18. The van der Waals surface area contributed by atoms with Gasteiger partial charge in [-0.25, -0.2) is 0 Å². The summed E-state index contributed by atoms with van der Waals surface area (Å²) in [5.41, 5.74) is 1.06. The van der Waals surface area contributed by atoms with Crippen molar-refractivity contribution >= 4 is 5.96 Å². The normalized spacial score (nSPS) is 20.8. The molecule has 1 saturated carbocycles. The van der Waals surface area contributed by atoms with Gasteiger partial charge in [-0.1, -0.05) is 44.4 Å². The van der Waals surface area contributed by atoms with Crippen molar-refractivity contribution in [2.24, 2.45) is 16.8 Å². The third-order valence-electron chi connectivity index (χ3n) is 5.18. The zero-order valence-electron chi connectivity index (χ0n) is 15.9. The van der Waals surface area contributed by atoms with Crippen LogP contribution < -0.4 is 10.6 Å². The topological polar surface area (TPSA) is 67.1 Å². The maximum Gasteiger partial charge on any atom is 0.191 e. The summed E-state index contributed by atoms with van der Waals surface area (Å²) in [6.07, 6.45) is 8.48. The van der Waals surface area contributed by atoms with Crippen molar-refractivity contribution < 1.29 is 0 Å². The van der Waals surface area contributed by atoms with Crippen molar-refractivity contribution in [3.05, 3.63) is 42.5 Å². The molecule has 26 heavy (non-hydrogen) atoms. The Hall–Kier alpha value is -2.37. The molecule has 2 N–H and O–H groups in total. The molecule has 2 aromatic rings. The number of nitrogens with one attached hydrogen (secondary N) is 2. The van der Waals surface area contributed by atoms with E-state index in [0.29, 0.717) is 6.54 Å². The molecule has 140 valence electrons. The summed E-state index contributed by atoms with van der Waals surface area (Å²) in [6, 6.07) is 10.1. The predicted molar refractivity (Wildman–Crippen MR) is 105 cm³/mol. The minimum Gasteiger partial charge on any atom is -0.356 e. The standard InChI is InChI=1S/C20H30N6/c1-16-7-6-8-17(13-16)11-12-22-20(21-2)23-14-19-25-24-15-26(19)18-9-4-3-5-10-18/h3-5,9-10,15-17H,6-8,11-14H2,1-2H3,(H2,21,22,23). The lowest BCUT2D eigenvalue weighted by atomic mass is 9.81. The van der Waals surface area contributed by atoms with E-state index in [1.807, 2.05) is 34.9 Å². The molecule has 3 rings (SSSR count). The van der Waals surface area contributed by atoms with E-state index in [1.54, 1.807) is 13.4 Å². The second kappa shape index (κ2) is 9.36. The second-order valence-corrected chi connectivity index (χ2v) is 7.23. The minimum absolute atomic E-state index is 0.578. The van der Waals surface area contributed by atoms with E-state index in [0.717, 1.165) is 35.9 Å². The number of hydrogen-bond acceptors (Lipinski definition) is 3. The van der Waals surface area contributed by atoms with Gasteiger partial charge in [-0.2, -0.15) is 0 Å². The fourth-order valence-electron chi connectivity index (χ4n) is 3.78. The Bertz CT molecular complexity index is 693. The molecule has 1 aliphatic carbocycles. The Morgan fingerprint density at radius 1 is 1.23 bits per heavy atom. The number of nitrogens with zero attached hydrogens (tertiary/aromatic N) is 4. The SMILES string of the molecule is CN=C(NCCC1CCCC(C)C1)NCc1nncn1-c1ccccc1. The largest absolute Gasteiger partial charge is 0.356 e. The van der Waals surface area contributed by atoms with Gasteiger partial charge < -0.3 is 10.6 Å². The highest BCUT2D eigenvalue weighted by molar-refractivity contribution is 5.79. The van der Waals surface area contributed by atoms with E-state index in [-0.39, 0.29) is 0 Å². The number of aromatic nitrogens is 3. The van der Waals surface area contributed by atoms with Crippen LogP contribution in [0.4, 0.5) is 0 Å². The van der Waals surface area contributed by atoms with Crippen LogP contribution in [0.5, 0.6) is 0 Å². The first-order valence-corrected chi connectivity index (χ1v) is 9.65. The van der Waals surface area contributed by atoms with Gasteiger partial charge in [0, 0.05) is 19.3 Å². The zero-order chi connectivity index (χ0) is 18.2. The number of para-hydroxylation sites is 1. The van der Waals surface area contributed by atoms with Gasteiger partial charge in [0.1, 0.15) is 6.33 Å². The lowest BCUT2D eigenvalue weighted by molar-refractivity contribution is 0.270. The van der Waals surface area contributed by atoms with Crippen LogP contribution in [-0.4, -0.2) is 34.3 Å². The number of guanidine groups is 1. The van der Waals surface area contributed by atoms with Gasteiger partial charge in [0.05, 0.1) is 6.54 Å². The van der Waals surface area contributed by atoms with Crippen LogP contribution in [0.1, 0.15) is 44.9 Å². The van der Waals surface area contributed by atoms with Crippen LogP contribution in [0.15, 0.2) is 41.7 Å². The highest BCUT2D eigenvalue weighted by atomic mass is 15.3. The van der Waals surface area contributed by atoms with E-state index < -0.39 is 0 Å². The molecule has 6 nitrogen and oxygen atoms in total. The Balaban J connectivity index is 1.47. The van der Waals surface area contributed by atoms with Crippen LogP contribution in [0, 0.1) is 11.8 Å². The first kappa shape index (κ1) is 18.4. The summed E-state index contributed by atoms with van der Waals surface area (Å²) in [4.78, 5) is 4.32. The quantitative estimate of drug-likeness (QED) is 0.618. The fourth-order valence-corrected chi connectivity index (χ4v) is 3.78. The molecule has 2 unspecified atom stereocenters. The van der Waals surface area contributed by atoms with E-state index >= 15 is 0 Å². The third kappa shape index (κ3) is 5.07. The smallest absolute Gasteiger partial charge is 0.191 e. The van der Waals surface area contributed by atoms with Gasteiger partial charge in [0.25, 0.3) is 0 Å². The van der Waals surface area contributed by atoms with Crippen molar-refractivity contribution in [2.75, 3.05) is 13.6 Å². The van der Waals surface area contributed by atoms with Crippen molar-refractivity contribution in [3.8, 4) is 5.69 Å². The molecule has 0 amide bonds. The molecule has 0 aliphatic heterocycles. The van der Waals surface area contributed by atoms with Crippen molar-refractivity contribution in [1.82, 2.24) is 25.4 Å². The van der Waals surface area contributed by atoms with Gasteiger partial charge >= 0.3 is 0 Å². The number of rotatable bonds is 6. The highest BCUT2D eigenvalue weighted by Gasteiger charge is 2.18. The van der Waals surface area contributed by atoms with Gasteiger partial charge in [0.2, 0.25) is 0 Å². The summed E-state index contributed by atoms with van der Waals surface area (Å²) in [6.45, 7) is 3.92. The van der Waals surface area contributed by atoms with Crippen LogP contribution >= 0.6 is 0 Å². The Labute approximate surface area is 156 Å². The summed E-state index contributed by atoms with van der Waals surface area (Å²) in [5, 5.41) is 15.1. The molecule has 1 aromatic carbocycles. The van der Waals surface area contributed by atoms with Crippen LogP contribution in [0.25, 0.3) is 5.69 Å². The molecule has 1 aromatic heterocycles. The summed E-state index contributed by atoms with van der Waals surface area (Å²) in [5.74, 6) is 3.41. The van der Waals surface area contributed by atoms with E-state index in [4.69, 9.17) is 0 Å². The van der Waals surface area contributed by atoms with Crippen molar-refractivity contribution in [3.63, 3.8) is 0 Å². The first-order chi connectivity index (χ1) is 12.8. The van der Waals surface area contributed by atoms with Crippen LogP contribution in [0.2, 0.25) is 0 Å². The van der Waals surface area contributed by atoms with Gasteiger partial charge in [-0.3, -0.25) is 9.56 Å². The van der Waals surface area contributed by atoms with Crippen molar-refractivity contribution in [2.45, 2.75) is 45.6 Å². The Morgan fingerprint density at radius 2 is 2.08 bits per heavy atom. The summed E-state index contributed by atoms with van der Waals surface area (Å²) in [7, 11) is 1.81. The average molecular weight is 355 g/mol. The fraction of sp³-hybridized carbons (Fsp3) is 0.550. The molecule has 0 bridgehead atoms. The van der Waals surface area contributed by atoms with E-state index in [9.17, 15) is 0 Å². The average Bonchev–Trinajstić information content (AvgIpc) is 3.14. The molecule has 1 aliphatic rings. The van der Waals surface area contributed by atoms with E-state index in [2.05, 4.69) is 32.7 Å². The van der Waals surface area contributed by atoms with Gasteiger partial charge in [-0.05, 0) is 36.8 Å². The zero-order valence-corrected chi connectivity index (χ0v) is 15.9. The molecular weight excluding hydrogens is 324 g/mol. The number of hydrogen-bond donors (Lipinski definition) is 2. The Kier molecular flexibility index (Phi) is 6.63. The Morgan fingerprint density at radius 3 is 2.85 bits per heavy atom. The van der Waals surface area contributed by atoms with Crippen LogP contribution in [0.3, 0.4) is 0 Å². The number of benzene rings is 1. The molecule has 6 heteroatoms. The van der Waals surface area contributed by atoms with E-state index in [1.165, 1.54) is 32.1 Å². The monoisotopic (exact) mass is 354 g/mol. The lowest BCUT2D eigenvalue weighted by Crippen LogP contribution is -2.38. The molecule has 0 radical (unpaired) electrons. The molecule has 1 heterocycles. The minimum atomic E-state index is 0.578. The molecule has 0 spiro atoms. The highest BCUT2D eigenvalue weighted by Crippen LogP contribution is 2.30. The summed E-state index contributed by atoms with van der Waals surface area (Å²) < 4.78 is 1.99. The molecule has 1 fully saturated rings. The van der Waals surface area contributed by atoms with Crippen LogP contribution in [-0.2, 0) is 6.54 Å². The molecular formula is C20H30N6.